The fourth-order valence-electron chi connectivity index (χ4n) is 1.72. The van der Waals surface area contributed by atoms with E-state index in [2.05, 4.69) is 27.8 Å². The van der Waals surface area contributed by atoms with Crippen molar-refractivity contribution in [2.24, 2.45) is 0 Å². The Labute approximate surface area is 93.8 Å². The lowest BCUT2D eigenvalue weighted by atomic mass is 10.3. The second-order valence-corrected chi connectivity index (χ2v) is 4.38. The summed E-state index contributed by atoms with van der Waals surface area (Å²) in [5, 5.41) is 11.5. The molecule has 4 nitrogen and oxygen atoms in total. The van der Waals surface area contributed by atoms with Gasteiger partial charge in [-0.3, -0.25) is 0 Å². The van der Waals surface area contributed by atoms with Crippen molar-refractivity contribution >= 4 is 16.5 Å². The second kappa shape index (κ2) is 4.60. The van der Waals surface area contributed by atoms with Gasteiger partial charge in [-0.05, 0) is 6.54 Å². The molecule has 1 aromatic rings. The van der Waals surface area contributed by atoms with Crippen LogP contribution in [-0.4, -0.2) is 42.6 Å². The van der Waals surface area contributed by atoms with Gasteiger partial charge in [-0.1, -0.05) is 6.92 Å². The zero-order valence-corrected chi connectivity index (χ0v) is 9.63. The van der Waals surface area contributed by atoms with E-state index in [9.17, 15) is 0 Å². The Bertz CT molecular complexity index is 360. The van der Waals surface area contributed by atoms with E-state index >= 15 is 0 Å². The number of anilines is 1. The normalized spacial score (nSPS) is 17.7. The van der Waals surface area contributed by atoms with Gasteiger partial charge in [0.1, 0.15) is 6.07 Å². The number of rotatable bonds is 2. The van der Waals surface area contributed by atoms with E-state index in [1.165, 1.54) is 0 Å². The highest BCUT2D eigenvalue weighted by molar-refractivity contribution is 7.13. The Morgan fingerprint density at radius 2 is 2.20 bits per heavy atom. The molecule has 0 atom stereocenters. The van der Waals surface area contributed by atoms with Gasteiger partial charge in [0.15, 0.2) is 10.8 Å². The summed E-state index contributed by atoms with van der Waals surface area (Å²) in [5.74, 6) is 0. The predicted molar refractivity (Wildman–Crippen MR) is 61.2 cm³/mol. The van der Waals surface area contributed by atoms with Crippen LogP contribution in [0.3, 0.4) is 0 Å². The van der Waals surface area contributed by atoms with Gasteiger partial charge in [-0.25, -0.2) is 4.98 Å². The first-order chi connectivity index (χ1) is 7.33. The summed E-state index contributed by atoms with van der Waals surface area (Å²) in [4.78, 5) is 8.96. The summed E-state index contributed by atoms with van der Waals surface area (Å²) in [6.07, 6.45) is 0. The molecular formula is C10H14N4S. The minimum Gasteiger partial charge on any atom is -0.345 e. The summed E-state index contributed by atoms with van der Waals surface area (Å²) in [5.41, 5.74) is 0.535. The van der Waals surface area contributed by atoms with E-state index < -0.39 is 0 Å². The Morgan fingerprint density at radius 3 is 2.73 bits per heavy atom. The smallest absolute Gasteiger partial charge is 0.186 e. The van der Waals surface area contributed by atoms with E-state index in [1.54, 1.807) is 11.3 Å². The molecule has 1 aliphatic rings. The first-order valence-electron chi connectivity index (χ1n) is 5.16. The summed E-state index contributed by atoms with van der Waals surface area (Å²) in [7, 11) is 0. The lowest BCUT2D eigenvalue weighted by Gasteiger charge is -2.33. The van der Waals surface area contributed by atoms with Crippen molar-refractivity contribution in [2.75, 3.05) is 37.6 Å². The molecule has 0 saturated carbocycles. The maximum Gasteiger partial charge on any atom is 0.186 e. The van der Waals surface area contributed by atoms with Gasteiger partial charge >= 0.3 is 0 Å². The fraction of sp³-hybridized carbons (Fsp3) is 0.600. The highest BCUT2D eigenvalue weighted by Gasteiger charge is 2.17. The molecule has 2 rings (SSSR count). The molecule has 15 heavy (non-hydrogen) atoms. The van der Waals surface area contributed by atoms with Crippen molar-refractivity contribution in [2.45, 2.75) is 6.92 Å². The zero-order chi connectivity index (χ0) is 10.7. The van der Waals surface area contributed by atoms with Crippen molar-refractivity contribution in [3.63, 3.8) is 0 Å². The molecule has 1 aliphatic heterocycles. The molecule has 0 unspecified atom stereocenters. The number of thiazole rings is 1. The third kappa shape index (κ3) is 2.28. The number of piperazine rings is 1. The molecule has 0 amide bonds. The van der Waals surface area contributed by atoms with Crippen molar-refractivity contribution in [3.8, 4) is 6.07 Å². The van der Waals surface area contributed by atoms with E-state index in [0.717, 1.165) is 37.9 Å². The third-order valence-corrected chi connectivity index (χ3v) is 3.60. The highest BCUT2D eigenvalue weighted by atomic mass is 32.1. The molecule has 1 saturated heterocycles. The van der Waals surface area contributed by atoms with Crippen molar-refractivity contribution in [1.82, 2.24) is 9.88 Å². The summed E-state index contributed by atoms with van der Waals surface area (Å²) in [6.45, 7) is 7.54. The topological polar surface area (TPSA) is 43.2 Å². The number of nitriles is 1. The van der Waals surface area contributed by atoms with Gasteiger partial charge in [-0.15, -0.1) is 11.3 Å². The molecule has 0 aromatic carbocycles. The van der Waals surface area contributed by atoms with E-state index in [4.69, 9.17) is 5.26 Å². The van der Waals surface area contributed by atoms with Gasteiger partial charge in [0.2, 0.25) is 0 Å². The number of aromatic nitrogens is 1. The van der Waals surface area contributed by atoms with Crippen LogP contribution < -0.4 is 4.90 Å². The van der Waals surface area contributed by atoms with Gasteiger partial charge in [-0.2, -0.15) is 5.26 Å². The molecule has 1 aromatic heterocycles. The summed E-state index contributed by atoms with van der Waals surface area (Å²) in [6, 6.07) is 2.07. The van der Waals surface area contributed by atoms with Crippen molar-refractivity contribution in [3.05, 3.63) is 11.1 Å². The largest absolute Gasteiger partial charge is 0.345 e. The second-order valence-electron chi connectivity index (χ2n) is 3.55. The van der Waals surface area contributed by atoms with Gasteiger partial charge in [0.05, 0.1) is 0 Å². The molecule has 0 N–H and O–H groups in total. The molecule has 0 aliphatic carbocycles. The molecule has 1 fully saturated rings. The lowest BCUT2D eigenvalue weighted by Crippen LogP contribution is -2.46. The Balaban J connectivity index is 1.98. The van der Waals surface area contributed by atoms with Crippen molar-refractivity contribution in [1.29, 1.82) is 5.26 Å². The number of nitrogens with zero attached hydrogens (tertiary/aromatic N) is 4. The van der Waals surface area contributed by atoms with Crippen molar-refractivity contribution < 1.29 is 0 Å². The highest BCUT2D eigenvalue weighted by Crippen LogP contribution is 2.21. The Morgan fingerprint density at radius 1 is 1.47 bits per heavy atom. The van der Waals surface area contributed by atoms with Crippen LogP contribution >= 0.6 is 11.3 Å². The van der Waals surface area contributed by atoms with E-state index in [1.807, 2.05) is 5.38 Å². The molecule has 2 heterocycles. The number of hydrogen-bond acceptors (Lipinski definition) is 5. The third-order valence-electron chi connectivity index (χ3n) is 2.70. The van der Waals surface area contributed by atoms with Crippen LogP contribution in [0.4, 0.5) is 5.13 Å². The van der Waals surface area contributed by atoms with Crippen LogP contribution in [0.25, 0.3) is 0 Å². The quantitative estimate of drug-likeness (QED) is 0.753. The minimum absolute atomic E-state index is 0.535. The maximum absolute atomic E-state index is 8.70. The SMILES string of the molecule is CCN1CCN(c2nc(C#N)cs2)CC1. The molecule has 80 valence electrons. The maximum atomic E-state index is 8.70. The molecule has 0 spiro atoms. The average molecular weight is 222 g/mol. The lowest BCUT2D eigenvalue weighted by molar-refractivity contribution is 0.271. The summed E-state index contributed by atoms with van der Waals surface area (Å²) >= 11 is 1.56. The summed E-state index contributed by atoms with van der Waals surface area (Å²) < 4.78 is 0. The fourth-order valence-corrected chi connectivity index (χ4v) is 2.52. The number of likely N-dealkylation sites (N-methyl/N-ethyl adjacent to an activating group) is 1. The van der Waals surface area contributed by atoms with Crippen LogP contribution in [0.1, 0.15) is 12.6 Å². The average Bonchev–Trinajstić information content (AvgIpc) is 2.78. The molecule has 5 heteroatoms. The monoisotopic (exact) mass is 222 g/mol. The molecule has 0 radical (unpaired) electrons. The molecule has 0 bridgehead atoms. The van der Waals surface area contributed by atoms with Gasteiger partial charge in [0, 0.05) is 31.6 Å². The zero-order valence-electron chi connectivity index (χ0n) is 8.81. The van der Waals surface area contributed by atoms with Crippen LogP contribution in [0, 0.1) is 11.3 Å². The predicted octanol–water partition coefficient (Wildman–Crippen LogP) is 1.16. The van der Waals surface area contributed by atoms with E-state index in [0.29, 0.717) is 5.69 Å². The minimum atomic E-state index is 0.535. The molecular weight excluding hydrogens is 208 g/mol. The van der Waals surface area contributed by atoms with Crippen LogP contribution in [0.2, 0.25) is 0 Å². The Hall–Kier alpha value is -1.12. The Kier molecular flexibility index (Phi) is 3.19. The number of hydrogen-bond donors (Lipinski definition) is 0. The van der Waals surface area contributed by atoms with Crippen LogP contribution in [0.15, 0.2) is 5.38 Å². The van der Waals surface area contributed by atoms with Gasteiger partial charge < -0.3 is 9.80 Å². The van der Waals surface area contributed by atoms with Crippen LogP contribution in [0.5, 0.6) is 0 Å². The van der Waals surface area contributed by atoms with E-state index in [-0.39, 0.29) is 0 Å². The first-order valence-corrected chi connectivity index (χ1v) is 6.04. The van der Waals surface area contributed by atoms with Crippen LogP contribution in [-0.2, 0) is 0 Å². The first kappa shape index (κ1) is 10.4. The standard InChI is InChI=1S/C10H14N4S/c1-2-13-3-5-14(6-4-13)10-12-9(7-11)8-15-10/h8H,2-6H2,1H3. The van der Waals surface area contributed by atoms with Gasteiger partial charge in [0.25, 0.3) is 0 Å².